The molecule has 0 aliphatic carbocycles. The highest BCUT2D eigenvalue weighted by Crippen LogP contribution is 2.26. The van der Waals surface area contributed by atoms with Crippen molar-refractivity contribution in [3.63, 3.8) is 0 Å². The largest absolute Gasteiger partial charge is 0.366 e. The van der Waals surface area contributed by atoms with Crippen molar-refractivity contribution in [2.24, 2.45) is 12.8 Å². The first-order valence-corrected chi connectivity index (χ1v) is 7.19. The number of primary amides is 1. The van der Waals surface area contributed by atoms with Gasteiger partial charge in [0.2, 0.25) is 16.9 Å². The number of nitrogens with two attached hydrogens (primary N) is 1. The van der Waals surface area contributed by atoms with Gasteiger partial charge in [-0.25, -0.2) is 0 Å². The van der Waals surface area contributed by atoms with Gasteiger partial charge in [0.1, 0.15) is 12.6 Å². The third kappa shape index (κ3) is 1.70. The van der Waals surface area contributed by atoms with Crippen molar-refractivity contribution in [1.82, 2.24) is 4.98 Å². The van der Waals surface area contributed by atoms with Gasteiger partial charge in [0.15, 0.2) is 0 Å². The van der Waals surface area contributed by atoms with Crippen molar-refractivity contribution < 1.29 is 9.36 Å². The van der Waals surface area contributed by atoms with Gasteiger partial charge in [0.05, 0.1) is 10.9 Å². The number of rotatable bonds is 1. The minimum Gasteiger partial charge on any atom is -0.366 e. The molecule has 3 N–H and O–H groups in total. The summed E-state index contributed by atoms with van der Waals surface area (Å²) in [5.74, 6) is -0.407. The van der Waals surface area contributed by atoms with E-state index in [9.17, 15) is 4.79 Å². The summed E-state index contributed by atoms with van der Waals surface area (Å²) < 4.78 is 2.17. The van der Waals surface area contributed by atoms with E-state index in [0.717, 1.165) is 27.5 Å². The Hall–Kier alpha value is -2.88. The second-order valence-electron chi connectivity index (χ2n) is 5.78. The number of pyridine rings is 1. The second kappa shape index (κ2) is 4.31. The molecule has 2 aromatic carbocycles. The Morgan fingerprint density at radius 1 is 1.09 bits per heavy atom. The summed E-state index contributed by atoms with van der Waals surface area (Å²) >= 11 is 0. The number of benzene rings is 2. The molecule has 0 aliphatic rings. The molecule has 4 rings (SSSR count). The van der Waals surface area contributed by atoms with Crippen LogP contribution >= 0.6 is 0 Å². The van der Waals surface area contributed by atoms with Crippen molar-refractivity contribution in [2.75, 3.05) is 0 Å². The molecule has 4 heteroatoms. The number of aromatic amines is 1. The third-order valence-electron chi connectivity index (χ3n) is 4.27. The van der Waals surface area contributed by atoms with Crippen LogP contribution in [0.3, 0.4) is 0 Å². The van der Waals surface area contributed by atoms with E-state index in [2.05, 4.69) is 40.7 Å². The predicted octanol–water partition coefficient (Wildman–Crippen LogP) is 2.71. The fraction of sp³-hybridized carbons (Fsp3) is 0.111. The van der Waals surface area contributed by atoms with Crippen LogP contribution < -0.4 is 10.3 Å². The molecular formula is C18H16N3O+. The molecule has 1 amide bonds. The molecule has 0 aliphatic heterocycles. The fourth-order valence-electron chi connectivity index (χ4n) is 3.16. The zero-order valence-electron chi connectivity index (χ0n) is 12.5. The van der Waals surface area contributed by atoms with Crippen LogP contribution in [-0.2, 0) is 7.05 Å². The summed E-state index contributed by atoms with van der Waals surface area (Å²) in [6, 6.07) is 14.1. The first kappa shape index (κ1) is 12.8. The van der Waals surface area contributed by atoms with Gasteiger partial charge >= 0.3 is 0 Å². The van der Waals surface area contributed by atoms with Crippen LogP contribution in [0.5, 0.6) is 0 Å². The van der Waals surface area contributed by atoms with Crippen molar-refractivity contribution in [1.29, 1.82) is 0 Å². The lowest BCUT2D eigenvalue weighted by molar-refractivity contribution is -0.616. The Kier molecular flexibility index (Phi) is 2.51. The molecule has 0 spiro atoms. The van der Waals surface area contributed by atoms with E-state index in [1.165, 1.54) is 10.9 Å². The van der Waals surface area contributed by atoms with E-state index in [4.69, 9.17) is 5.73 Å². The molecule has 0 saturated heterocycles. The lowest BCUT2D eigenvalue weighted by atomic mass is 10.1. The molecule has 0 unspecified atom stereocenters. The number of carbonyl (C=O) groups is 1. The lowest BCUT2D eigenvalue weighted by Gasteiger charge is -2.00. The van der Waals surface area contributed by atoms with Crippen molar-refractivity contribution in [3.8, 4) is 0 Å². The standard InChI is InChI=1S/C18H15N3O/c1-10-3-4-11-9-15-17(21(2)16(11)7-10)13-8-12(18(19)22)5-6-14(13)20-15/h3-9H,1-2H3,(H2,19,22)/p+1. The van der Waals surface area contributed by atoms with E-state index in [-0.39, 0.29) is 0 Å². The average Bonchev–Trinajstić information content (AvgIpc) is 2.85. The smallest absolute Gasteiger partial charge is 0.248 e. The number of hydrogen-bond donors (Lipinski definition) is 2. The summed E-state index contributed by atoms with van der Waals surface area (Å²) in [5.41, 5.74) is 11.5. The van der Waals surface area contributed by atoms with Crippen molar-refractivity contribution >= 4 is 38.7 Å². The molecule has 4 aromatic rings. The predicted molar refractivity (Wildman–Crippen MR) is 87.7 cm³/mol. The fourth-order valence-corrected chi connectivity index (χ4v) is 3.16. The molecule has 108 valence electrons. The molecule has 0 radical (unpaired) electrons. The molecule has 0 saturated carbocycles. The van der Waals surface area contributed by atoms with Crippen molar-refractivity contribution in [3.05, 3.63) is 53.6 Å². The third-order valence-corrected chi connectivity index (χ3v) is 4.27. The molecular weight excluding hydrogens is 274 g/mol. The van der Waals surface area contributed by atoms with E-state index < -0.39 is 5.91 Å². The Balaban J connectivity index is 2.20. The van der Waals surface area contributed by atoms with Gasteiger partial charge in [-0.3, -0.25) is 4.79 Å². The van der Waals surface area contributed by atoms with E-state index in [1.807, 2.05) is 19.2 Å². The number of carbonyl (C=O) groups excluding carboxylic acids is 1. The van der Waals surface area contributed by atoms with Gasteiger partial charge in [0, 0.05) is 17.0 Å². The molecule has 0 atom stereocenters. The van der Waals surface area contributed by atoms with E-state index in [0.29, 0.717) is 5.56 Å². The molecule has 4 nitrogen and oxygen atoms in total. The summed E-state index contributed by atoms with van der Waals surface area (Å²) in [5, 5.41) is 2.19. The Morgan fingerprint density at radius 2 is 1.91 bits per heavy atom. The highest BCUT2D eigenvalue weighted by atomic mass is 16.1. The molecule has 2 heterocycles. The summed E-state index contributed by atoms with van der Waals surface area (Å²) in [6.45, 7) is 2.09. The number of amides is 1. The molecule has 0 fully saturated rings. The number of hydrogen-bond acceptors (Lipinski definition) is 1. The first-order valence-electron chi connectivity index (χ1n) is 7.19. The Morgan fingerprint density at radius 3 is 2.68 bits per heavy atom. The topological polar surface area (TPSA) is 62.8 Å². The normalized spacial score (nSPS) is 11.5. The van der Waals surface area contributed by atoms with Gasteiger partial charge in [-0.1, -0.05) is 6.07 Å². The maximum absolute atomic E-state index is 11.4. The number of H-pyrrole nitrogens is 1. The number of nitrogens with zero attached hydrogens (tertiary/aromatic N) is 1. The number of aryl methyl sites for hydroxylation is 2. The summed E-state index contributed by atoms with van der Waals surface area (Å²) in [4.78, 5) is 14.9. The first-order chi connectivity index (χ1) is 10.5. The monoisotopic (exact) mass is 290 g/mol. The number of aromatic nitrogens is 2. The molecule has 0 bridgehead atoms. The van der Waals surface area contributed by atoms with E-state index >= 15 is 0 Å². The van der Waals surface area contributed by atoms with Gasteiger partial charge < -0.3 is 10.7 Å². The minimum absolute atomic E-state index is 0.407. The molecule has 2 aromatic heterocycles. The summed E-state index contributed by atoms with van der Waals surface area (Å²) in [6.07, 6.45) is 0. The zero-order valence-corrected chi connectivity index (χ0v) is 12.5. The Labute approximate surface area is 127 Å². The second-order valence-corrected chi connectivity index (χ2v) is 5.78. The van der Waals surface area contributed by atoms with Crippen LogP contribution in [0.25, 0.3) is 32.8 Å². The van der Waals surface area contributed by atoms with Crippen LogP contribution in [0, 0.1) is 6.92 Å². The number of nitrogens with one attached hydrogen (secondary N) is 1. The van der Waals surface area contributed by atoms with Crippen LogP contribution in [0.1, 0.15) is 15.9 Å². The van der Waals surface area contributed by atoms with Crippen LogP contribution in [0.2, 0.25) is 0 Å². The van der Waals surface area contributed by atoms with Gasteiger partial charge in [0.25, 0.3) is 0 Å². The highest BCUT2D eigenvalue weighted by Gasteiger charge is 2.18. The van der Waals surface area contributed by atoms with Crippen LogP contribution in [0.15, 0.2) is 42.5 Å². The van der Waals surface area contributed by atoms with Gasteiger partial charge in [-0.05, 0) is 42.8 Å². The van der Waals surface area contributed by atoms with E-state index in [1.54, 1.807) is 6.07 Å². The maximum Gasteiger partial charge on any atom is 0.248 e. The maximum atomic E-state index is 11.4. The van der Waals surface area contributed by atoms with Crippen LogP contribution in [-0.4, -0.2) is 10.9 Å². The van der Waals surface area contributed by atoms with Crippen molar-refractivity contribution in [2.45, 2.75) is 6.92 Å². The SMILES string of the molecule is Cc1ccc2cc3[nH]c4ccc(C(N)=O)cc4c3[n+](C)c2c1. The van der Waals surface area contributed by atoms with Gasteiger partial charge in [-0.2, -0.15) is 4.57 Å². The minimum atomic E-state index is -0.407. The lowest BCUT2D eigenvalue weighted by Crippen LogP contribution is -2.29. The quantitative estimate of drug-likeness (QED) is 0.520. The number of fused-ring (bicyclic) bond motifs is 4. The van der Waals surface area contributed by atoms with Crippen LogP contribution in [0.4, 0.5) is 0 Å². The Bertz CT molecular complexity index is 1080. The average molecular weight is 290 g/mol. The summed E-state index contributed by atoms with van der Waals surface area (Å²) in [7, 11) is 2.05. The molecule has 22 heavy (non-hydrogen) atoms. The zero-order chi connectivity index (χ0) is 15.4. The van der Waals surface area contributed by atoms with Gasteiger partial charge in [-0.15, -0.1) is 0 Å². The highest BCUT2D eigenvalue weighted by molar-refractivity contribution is 6.08.